The van der Waals surface area contributed by atoms with Crippen molar-refractivity contribution in [2.75, 3.05) is 32.2 Å². The Balaban J connectivity index is 1.49. The summed E-state index contributed by atoms with van der Waals surface area (Å²) in [6.45, 7) is 5.43. The molecule has 3 rings (SSSR count). The van der Waals surface area contributed by atoms with Crippen LogP contribution in [0.3, 0.4) is 0 Å². The molecule has 1 atom stereocenters. The first-order valence-electron chi connectivity index (χ1n) is 13.9. The van der Waals surface area contributed by atoms with E-state index >= 15 is 0 Å². The third kappa shape index (κ3) is 10.5. The first kappa shape index (κ1) is 33.1. The zero-order chi connectivity index (χ0) is 31.9. The quantitative estimate of drug-likeness (QED) is 0.135. The topological polar surface area (TPSA) is 154 Å². The molecule has 1 unspecified atom stereocenters. The van der Waals surface area contributed by atoms with Crippen LogP contribution in [0.15, 0.2) is 71.8 Å². The fourth-order valence-corrected chi connectivity index (χ4v) is 3.79. The van der Waals surface area contributed by atoms with Crippen molar-refractivity contribution < 1.29 is 38.1 Å². The van der Waals surface area contributed by atoms with Crippen LogP contribution in [0.2, 0.25) is 0 Å². The zero-order valence-electron chi connectivity index (χ0n) is 25.0. The van der Waals surface area contributed by atoms with E-state index in [2.05, 4.69) is 21.2 Å². The number of hydrogen-bond donors (Lipinski definition) is 3. The van der Waals surface area contributed by atoms with Crippen molar-refractivity contribution in [1.29, 1.82) is 0 Å². The Hall–Kier alpha value is -5.39. The molecule has 0 bridgehead atoms. The summed E-state index contributed by atoms with van der Waals surface area (Å²) in [5.41, 5.74) is 4.67. The predicted octanol–water partition coefficient (Wildman–Crippen LogP) is 3.49. The molecule has 0 radical (unpaired) electrons. The van der Waals surface area contributed by atoms with Gasteiger partial charge < -0.3 is 29.6 Å². The summed E-state index contributed by atoms with van der Waals surface area (Å²) in [6, 6.07) is 17.5. The second kappa shape index (κ2) is 16.9. The number of ether oxygens (including phenoxy) is 4. The summed E-state index contributed by atoms with van der Waals surface area (Å²) in [7, 11) is 1.56. The van der Waals surface area contributed by atoms with Gasteiger partial charge in [0.25, 0.3) is 11.8 Å². The smallest absolute Gasteiger partial charge is 0.338 e. The molecule has 3 N–H and O–H groups in total. The largest absolute Gasteiger partial charge is 0.497 e. The SMILES string of the molecule is CCOC(=O)c1ccc(NC(=O)COc2ccc(C=NNC(=O)C(C)NC(=O)Cc3ccc(OC)cc3)cc2OCC)cc1. The highest BCUT2D eigenvalue weighted by Gasteiger charge is 2.16. The van der Waals surface area contributed by atoms with Crippen LogP contribution in [0.25, 0.3) is 0 Å². The normalized spacial score (nSPS) is 11.3. The molecule has 0 saturated heterocycles. The molecule has 0 spiro atoms. The lowest BCUT2D eigenvalue weighted by atomic mass is 10.1. The number of carbonyl (C=O) groups is 4. The number of anilines is 1. The highest BCUT2D eigenvalue weighted by molar-refractivity contribution is 5.94. The van der Waals surface area contributed by atoms with Crippen molar-refractivity contribution in [2.45, 2.75) is 33.2 Å². The summed E-state index contributed by atoms with van der Waals surface area (Å²) in [5.74, 6) is -0.226. The number of nitrogens with zero attached hydrogens (tertiary/aromatic N) is 1. The molecule has 0 aliphatic heterocycles. The van der Waals surface area contributed by atoms with E-state index in [4.69, 9.17) is 18.9 Å². The predicted molar refractivity (Wildman–Crippen MR) is 164 cm³/mol. The lowest BCUT2D eigenvalue weighted by Crippen LogP contribution is -2.43. The van der Waals surface area contributed by atoms with Crippen molar-refractivity contribution in [3.63, 3.8) is 0 Å². The van der Waals surface area contributed by atoms with Gasteiger partial charge in [-0.25, -0.2) is 10.2 Å². The molecule has 3 aromatic rings. The van der Waals surface area contributed by atoms with Crippen LogP contribution >= 0.6 is 0 Å². The highest BCUT2D eigenvalue weighted by Crippen LogP contribution is 2.28. The average molecular weight is 605 g/mol. The Morgan fingerprint density at radius 2 is 1.59 bits per heavy atom. The van der Waals surface area contributed by atoms with Gasteiger partial charge in [0.2, 0.25) is 5.91 Å². The number of rotatable bonds is 15. The second-order valence-corrected chi connectivity index (χ2v) is 9.32. The molecule has 0 saturated carbocycles. The average Bonchev–Trinajstić information content (AvgIpc) is 3.01. The summed E-state index contributed by atoms with van der Waals surface area (Å²) in [4.78, 5) is 48.9. The lowest BCUT2D eigenvalue weighted by Gasteiger charge is -2.13. The van der Waals surface area contributed by atoms with Crippen molar-refractivity contribution in [3.05, 3.63) is 83.4 Å². The first-order chi connectivity index (χ1) is 21.2. The molecule has 0 aliphatic rings. The van der Waals surface area contributed by atoms with Crippen molar-refractivity contribution in [2.24, 2.45) is 5.10 Å². The molecule has 12 nitrogen and oxygen atoms in total. The maximum absolute atomic E-state index is 12.4. The van der Waals surface area contributed by atoms with E-state index in [0.29, 0.717) is 40.7 Å². The standard InChI is InChI=1S/C32H36N4O8/c1-5-42-28-17-23(19-33-36-31(39)21(3)34-29(37)18-22-7-14-26(41-4)15-8-22)9-16-27(28)44-20-30(38)35-25-12-10-24(11-13-25)32(40)43-6-2/h7-17,19,21H,5-6,18,20H2,1-4H3,(H,34,37)(H,35,38)(H,36,39). The third-order valence-corrected chi connectivity index (χ3v) is 5.99. The number of nitrogens with one attached hydrogen (secondary N) is 3. The molecular formula is C32H36N4O8. The van der Waals surface area contributed by atoms with E-state index < -0.39 is 23.8 Å². The summed E-state index contributed by atoms with van der Waals surface area (Å²) >= 11 is 0. The summed E-state index contributed by atoms with van der Waals surface area (Å²) in [6.07, 6.45) is 1.54. The minimum atomic E-state index is -0.811. The molecular weight excluding hydrogens is 568 g/mol. The van der Waals surface area contributed by atoms with Gasteiger partial charge in [-0.15, -0.1) is 0 Å². The Labute approximate surface area is 255 Å². The van der Waals surface area contributed by atoms with Gasteiger partial charge in [0.05, 0.1) is 38.5 Å². The van der Waals surface area contributed by atoms with Crippen LogP contribution in [0.4, 0.5) is 5.69 Å². The number of benzene rings is 3. The molecule has 232 valence electrons. The van der Waals surface area contributed by atoms with Gasteiger partial charge in [0, 0.05) is 5.69 Å². The minimum absolute atomic E-state index is 0.116. The van der Waals surface area contributed by atoms with Gasteiger partial charge in [0.15, 0.2) is 18.1 Å². The number of amides is 3. The fraction of sp³-hybridized carbons (Fsp3) is 0.281. The van der Waals surface area contributed by atoms with Crippen molar-refractivity contribution >= 4 is 35.6 Å². The van der Waals surface area contributed by atoms with Gasteiger partial charge in [0.1, 0.15) is 11.8 Å². The first-order valence-corrected chi connectivity index (χ1v) is 13.9. The van der Waals surface area contributed by atoms with Crippen molar-refractivity contribution in [1.82, 2.24) is 10.7 Å². The van der Waals surface area contributed by atoms with Crippen LogP contribution in [0.1, 0.15) is 42.3 Å². The number of carbonyl (C=O) groups excluding carboxylic acids is 4. The maximum Gasteiger partial charge on any atom is 0.338 e. The third-order valence-electron chi connectivity index (χ3n) is 5.99. The van der Waals surface area contributed by atoms with E-state index in [-0.39, 0.29) is 25.5 Å². The molecule has 3 amide bonds. The van der Waals surface area contributed by atoms with Gasteiger partial charge in [-0.3, -0.25) is 14.4 Å². The number of hydrazone groups is 1. The van der Waals surface area contributed by atoms with Crippen LogP contribution < -0.4 is 30.3 Å². The second-order valence-electron chi connectivity index (χ2n) is 9.32. The van der Waals surface area contributed by atoms with Gasteiger partial charge in [-0.1, -0.05) is 12.1 Å². The Morgan fingerprint density at radius 1 is 0.864 bits per heavy atom. The summed E-state index contributed by atoms with van der Waals surface area (Å²) in [5, 5.41) is 9.32. The zero-order valence-corrected chi connectivity index (χ0v) is 25.0. The van der Waals surface area contributed by atoms with Crippen molar-refractivity contribution in [3.8, 4) is 17.2 Å². The monoisotopic (exact) mass is 604 g/mol. The van der Waals surface area contributed by atoms with Gasteiger partial charge in [-0.05, 0) is 86.5 Å². The van der Waals surface area contributed by atoms with Gasteiger partial charge >= 0.3 is 5.97 Å². The van der Waals surface area contributed by atoms with E-state index in [1.54, 1.807) is 87.7 Å². The Kier molecular flexibility index (Phi) is 12.7. The number of hydrogen-bond acceptors (Lipinski definition) is 9. The van der Waals surface area contributed by atoms with E-state index in [1.807, 2.05) is 6.92 Å². The molecule has 44 heavy (non-hydrogen) atoms. The molecule has 0 fully saturated rings. The van der Waals surface area contributed by atoms with Crippen LogP contribution in [-0.4, -0.2) is 62.9 Å². The lowest BCUT2D eigenvalue weighted by molar-refractivity contribution is -0.128. The number of methoxy groups -OCH3 is 1. The van der Waals surface area contributed by atoms with Gasteiger partial charge in [-0.2, -0.15) is 5.10 Å². The summed E-state index contributed by atoms with van der Waals surface area (Å²) < 4.78 is 21.4. The molecule has 0 heterocycles. The minimum Gasteiger partial charge on any atom is -0.497 e. The fourth-order valence-electron chi connectivity index (χ4n) is 3.79. The van der Waals surface area contributed by atoms with Crippen LogP contribution in [0, 0.1) is 0 Å². The Bertz CT molecular complexity index is 1460. The van der Waals surface area contributed by atoms with Crippen LogP contribution in [-0.2, 0) is 25.5 Å². The Morgan fingerprint density at radius 3 is 2.25 bits per heavy atom. The van der Waals surface area contributed by atoms with E-state index in [0.717, 1.165) is 5.56 Å². The molecule has 0 aromatic heterocycles. The van der Waals surface area contributed by atoms with E-state index in [9.17, 15) is 19.2 Å². The van der Waals surface area contributed by atoms with E-state index in [1.165, 1.54) is 6.21 Å². The van der Waals surface area contributed by atoms with Crippen LogP contribution in [0.5, 0.6) is 17.2 Å². The highest BCUT2D eigenvalue weighted by atomic mass is 16.5. The maximum atomic E-state index is 12.4. The molecule has 12 heteroatoms. The molecule has 3 aromatic carbocycles. The molecule has 0 aliphatic carbocycles. The number of esters is 1.